The van der Waals surface area contributed by atoms with Gasteiger partial charge in [0, 0.05) is 42.9 Å². The number of piperidine rings is 2. The summed E-state index contributed by atoms with van der Waals surface area (Å²) < 4.78 is 6.14. The van der Waals surface area contributed by atoms with Crippen LogP contribution in [0.25, 0.3) is 0 Å². The fourth-order valence-electron chi connectivity index (χ4n) is 5.09. The summed E-state index contributed by atoms with van der Waals surface area (Å²) in [6, 6.07) is 8.68. The van der Waals surface area contributed by atoms with Gasteiger partial charge < -0.3 is 14.6 Å². The van der Waals surface area contributed by atoms with Crippen molar-refractivity contribution in [2.45, 2.75) is 57.3 Å². The molecule has 9 nitrogen and oxygen atoms in total. The Kier molecular flexibility index (Phi) is 6.19. The van der Waals surface area contributed by atoms with E-state index < -0.39 is 11.9 Å². The van der Waals surface area contributed by atoms with Crippen molar-refractivity contribution in [1.82, 2.24) is 20.1 Å². The van der Waals surface area contributed by atoms with Gasteiger partial charge in [-0.3, -0.25) is 29.4 Å². The van der Waals surface area contributed by atoms with Gasteiger partial charge in [-0.2, -0.15) is 0 Å². The van der Waals surface area contributed by atoms with Crippen LogP contribution in [0.2, 0.25) is 0 Å². The fourth-order valence-corrected chi connectivity index (χ4v) is 5.09. The lowest BCUT2D eigenvalue weighted by Crippen LogP contribution is -2.52. The Hall–Kier alpha value is -3.46. The second-order valence-electron chi connectivity index (χ2n) is 9.17. The highest BCUT2D eigenvalue weighted by Crippen LogP contribution is 2.30. The Morgan fingerprint density at radius 2 is 1.94 bits per heavy atom. The van der Waals surface area contributed by atoms with E-state index in [1.165, 1.54) is 4.90 Å². The molecule has 2 N–H and O–H groups in total. The van der Waals surface area contributed by atoms with Crippen molar-refractivity contribution in [3.05, 3.63) is 63.6 Å². The molecule has 2 unspecified atom stereocenters. The number of nitrogens with zero attached hydrogens (tertiary/aromatic N) is 2. The lowest BCUT2D eigenvalue weighted by atomic mass is 10.0. The van der Waals surface area contributed by atoms with Crippen LogP contribution in [0, 0.1) is 0 Å². The number of nitrogens with one attached hydrogen (secondary N) is 2. The summed E-state index contributed by atoms with van der Waals surface area (Å²) in [4.78, 5) is 55.2. The first-order valence-corrected chi connectivity index (χ1v) is 11.8. The molecule has 0 aliphatic carbocycles. The van der Waals surface area contributed by atoms with E-state index in [-0.39, 0.29) is 29.8 Å². The number of pyridine rings is 1. The van der Waals surface area contributed by atoms with Gasteiger partial charge in [0.15, 0.2) is 0 Å². The van der Waals surface area contributed by atoms with E-state index in [1.54, 1.807) is 18.3 Å². The molecule has 0 radical (unpaired) electrons. The van der Waals surface area contributed by atoms with E-state index in [0.29, 0.717) is 37.4 Å². The summed E-state index contributed by atoms with van der Waals surface area (Å²) in [5, 5.41) is 2.32. The number of fused-ring (bicyclic) bond motifs is 1. The first-order chi connectivity index (χ1) is 16.5. The van der Waals surface area contributed by atoms with Crippen molar-refractivity contribution < 1.29 is 19.1 Å². The number of hydrogen-bond acceptors (Lipinski definition) is 6. The summed E-state index contributed by atoms with van der Waals surface area (Å²) in [7, 11) is 0. The van der Waals surface area contributed by atoms with Gasteiger partial charge in [0.2, 0.25) is 11.8 Å². The van der Waals surface area contributed by atoms with Gasteiger partial charge in [0.25, 0.3) is 11.5 Å². The second-order valence-corrected chi connectivity index (χ2v) is 9.17. The van der Waals surface area contributed by atoms with Crippen LogP contribution in [0.3, 0.4) is 0 Å². The Morgan fingerprint density at radius 1 is 1.06 bits per heavy atom. The van der Waals surface area contributed by atoms with Crippen molar-refractivity contribution in [2.75, 3.05) is 13.2 Å². The number of hydrogen-bond donors (Lipinski definition) is 2. The van der Waals surface area contributed by atoms with Crippen molar-refractivity contribution in [1.29, 1.82) is 0 Å². The Bertz CT molecular complexity index is 1180. The summed E-state index contributed by atoms with van der Waals surface area (Å²) in [5.74, 6) is -0.222. The van der Waals surface area contributed by atoms with Crippen LogP contribution in [0.15, 0.2) is 41.3 Å². The Labute approximate surface area is 197 Å². The molecule has 3 aliphatic rings. The van der Waals surface area contributed by atoms with E-state index in [0.717, 1.165) is 36.9 Å². The summed E-state index contributed by atoms with van der Waals surface area (Å²) in [5.41, 5.74) is 2.08. The summed E-state index contributed by atoms with van der Waals surface area (Å²) in [6.45, 7) is 2.32. The van der Waals surface area contributed by atoms with Gasteiger partial charge in [0.05, 0.1) is 0 Å². The first-order valence-electron chi connectivity index (χ1n) is 11.8. The number of aromatic amines is 1. The van der Waals surface area contributed by atoms with Crippen LogP contribution in [0.4, 0.5) is 0 Å². The topological polar surface area (TPSA) is 112 Å². The van der Waals surface area contributed by atoms with Crippen LogP contribution in [0.1, 0.15) is 53.6 Å². The molecule has 2 fully saturated rings. The van der Waals surface area contributed by atoms with Crippen LogP contribution >= 0.6 is 0 Å². The second kappa shape index (κ2) is 9.42. The van der Waals surface area contributed by atoms with Crippen molar-refractivity contribution >= 4 is 17.7 Å². The van der Waals surface area contributed by atoms with Gasteiger partial charge in [-0.1, -0.05) is 12.5 Å². The molecule has 34 heavy (non-hydrogen) atoms. The molecular formula is C25H28N4O5. The average Bonchev–Trinajstić information content (AvgIpc) is 3.15. The number of likely N-dealkylation sites (tertiary alicyclic amines) is 1. The van der Waals surface area contributed by atoms with Crippen molar-refractivity contribution in [3.63, 3.8) is 0 Å². The maximum atomic E-state index is 12.9. The molecule has 1 aromatic heterocycles. The van der Waals surface area contributed by atoms with Crippen LogP contribution in [-0.4, -0.2) is 57.7 Å². The maximum absolute atomic E-state index is 12.9. The number of H-pyrrole nitrogens is 1. The smallest absolute Gasteiger partial charge is 0.255 e. The predicted molar refractivity (Wildman–Crippen MR) is 123 cm³/mol. The third-order valence-corrected chi connectivity index (χ3v) is 6.96. The lowest BCUT2D eigenvalue weighted by Gasteiger charge is -2.35. The van der Waals surface area contributed by atoms with Crippen LogP contribution in [-0.2, 0) is 22.7 Å². The molecule has 3 aliphatic heterocycles. The summed E-state index contributed by atoms with van der Waals surface area (Å²) >= 11 is 0. The minimum absolute atomic E-state index is 0.0587. The van der Waals surface area contributed by atoms with E-state index in [2.05, 4.69) is 15.2 Å². The number of rotatable bonds is 6. The highest BCUT2D eigenvalue weighted by atomic mass is 16.5. The monoisotopic (exact) mass is 464 g/mol. The number of aromatic nitrogens is 1. The zero-order valence-corrected chi connectivity index (χ0v) is 18.9. The zero-order chi connectivity index (χ0) is 23.7. The quantitative estimate of drug-likeness (QED) is 0.628. The molecule has 178 valence electrons. The molecule has 1 aromatic carbocycles. The molecular weight excluding hydrogens is 436 g/mol. The minimum Gasteiger partial charge on any atom is -0.492 e. The van der Waals surface area contributed by atoms with E-state index >= 15 is 0 Å². The van der Waals surface area contributed by atoms with Gasteiger partial charge in [-0.25, -0.2) is 0 Å². The standard InChI is InChI=1S/C25H28N4O5/c30-22-9-8-21(24(32)27-22)29-14-17-12-19(6-7-20(17)25(29)33)34-15-18-5-1-2-11-28(18)13-16-4-3-10-26-23(16)31/h3-4,6-7,10,12,18,21H,1-2,5,8-9,11,13-15H2,(H,26,31)(H,27,30,32). The molecule has 2 aromatic rings. The Morgan fingerprint density at radius 3 is 2.76 bits per heavy atom. The molecule has 0 saturated carbocycles. The average molecular weight is 465 g/mol. The van der Waals surface area contributed by atoms with Gasteiger partial charge in [-0.15, -0.1) is 0 Å². The molecule has 0 bridgehead atoms. The predicted octanol–water partition coefficient (Wildman–Crippen LogP) is 1.57. The number of carbonyl (C=O) groups is 3. The van der Waals surface area contributed by atoms with E-state index in [1.807, 2.05) is 18.2 Å². The molecule has 2 saturated heterocycles. The largest absolute Gasteiger partial charge is 0.492 e. The highest BCUT2D eigenvalue weighted by molar-refractivity contribution is 6.05. The van der Waals surface area contributed by atoms with E-state index in [4.69, 9.17) is 4.74 Å². The number of ether oxygens (including phenoxy) is 1. The van der Waals surface area contributed by atoms with Crippen LogP contribution < -0.4 is 15.6 Å². The molecule has 2 atom stereocenters. The molecule has 0 spiro atoms. The first kappa shape index (κ1) is 22.3. The molecule has 5 rings (SSSR count). The van der Waals surface area contributed by atoms with E-state index in [9.17, 15) is 19.2 Å². The molecule has 9 heteroatoms. The minimum atomic E-state index is -0.626. The van der Waals surface area contributed by atoms with Gasteiger partial charge in [0.1, 0.15) is 18.4 Å². The molecule has 4 heterocycles. The van der Waals surface area contributed by atoms with Crippen LogP contribution in [0.5, 0.6) is 5.75 Å². The SMILES string of the molecule is O=C1CCC(N2Cc3cc(OCC4CCCCN4Cc4ccc[nH]c4=O)ccc3C2=O)C(=O)N1. The highest BCUT2D eigenvalue weighted by Gasteiger charge is 2.39. The van der Waals surface area contributed by atoms with Crippen molar-refractivity contribution in [3.8, 4) is 5.75 Å². The number of amides is 3. The number of imide groups is 1. The zero-order valence-electron chi connectivity index (χ0n) is 18.9. The molecule has 3 amide bonds. The lowest BCUT2D eigenvalue weighted by molar-refractivity contribution is -0.136. The van der Waals surface area contributed by atoms with Gasteiger partial charge in [-0.05, 0) is 55.6 Å². The maximum Gasteiger partial charge on any atom is 0.255 e. The third kappa shape index (κ3) is 4.48. The summed E-state index contributed by atoms with van der Waals surface area (Å²) in [6.07, 6.45) is 5.43. The Balaban J connectivity index is 1.24. The number of benzene rings is 1. The normalized spacial score (nSPS) is 23.1. The third-order valence-electron chi connectivity index (χ3n) is 6.96. The van der Waals surface area contributed by atoms with Gasteiger partial charge >= 0.3 is 0 Å². The fraction of sp³-hybridized carbons (Fsp3) is 0.440. The number of carbonyl (C=O) groups excluding carboxylic acids is 3. The van der Waals surface area contributed by atoms with Crippen molar-refractivity contribution in [2.24, 2.45) is 0 Å².